The Balaban J connectivity index is 1.30. The highest BCUT2D eigenvalue weighted by Gasteiger charge is 2.39. The summed E-state index contributed by atoms with van der Waals surface area (Å²) in [5, 5.41) is 0. The van der Waals surface area contributed by atoms with Crippen molar-refractivity contribution in [3.8, 4) is 0 Å². The molecule has 5 rings (SSSR count). The van der Waals surface area contributed by atoms with Crippen LogP contribution in [0.25, 0.3) is 0 Å². The molecule has 1 saturated heterocycles. The highest BCUT2D eigenvalue weighted by atomic mass is 16.1. The first kappa shape index (κ1) is 15.8. The molecule has 0 spiro atoms. The number of rotatable bonds is 2. The zero-order valence-electron chi connectivity index (χ0n) is 15.1. The van der Waals surface area contributed by atoms with Gasteiger partial charge in [-0.05, 0) is 86.6 Å². The van der Waals surface area contributed by atoms with Crippen LogP contribution in [0.3, 0.4) is 0 Å². The molecule has 0 radical (unpaired) electrons. The van der Waals surface area contributed by atoms with E-state index in [9.17, 15) is 4.79 Å². The lowest BCUT2D eigenvalue weighted by atomic mass is 9.77. The van der Waals surface area contributed by atoms with Crippen molar-refractivity contribution in [3.05, 3.63) is 47.0 Å². The second kappa shape index (κ2) is 6.39. The van der Waals surface area contributed by atoms with Crippen molar-refractivity contribution in [2.24, 2.45) is 11.8 Å². The largest absolute Gasteiger partial charge is 0.299 e. The van der Waals surface area contributed by atoms with Gasteiger partial charge in [-0.2, -0.15) is 0 Å². The molecular weight excluding hydrogens is 306 g/mol. The number of allylic oxidation sites excluding steroid dienone is 2. The molecule has 4 aliphatic rings. The molecular formula is C23H29NO. The van der Waals surface area contributed by atoms with Gasteiger partial charge in [0.25, 0.3) is 0 Å². The van der Waals surface area contributed by atoms with Gasteiger partial charge in [0, 0.05) is 18.4 Å². The smallest absolute Gasteiger partial charge is 0.140 e. The maximum Gasteiger partial charge on any atom is 0.140 e. The Morgan fingerprint density at radius 1 is 1.04 bits per heavy atom. The summed E-state index contributed by atoms with van der Waals surface area (Å²) >= 11 is 0. The molecule has 0 aromatic heterocycles. The van der Waals surface area contributed by atoms with Crippen molar-refractivity contribution >= 4 is 5.78 Å². The fourth-order valence-corrected chi connectivity index (χ4v) is 6.11. The van der Waals surface area contributed by atoms with E-state index >= 15 is 0 Å². The molecule has 25 heavy (non-hydrogen) atoms. The first-order valence-corrected chi connectivity index (χ1v) is 10.3. The lowest BCUT2D eigenvalue weighted by Crippen LogP contribution is -2.39. The van der Waals surface area contributed by atoms with E-state index in [1.165, 1.54) is 51.6 Å². The maximum atomic E-state index is 12.3. The molecule has 1 aromatic rings. The third-order valence-corrected chi connectivity index (χ3v) is 7.38. The number of nitrogens with zero attached hydrogens (tertiary/aromatic N) is 1. The Hall–Kier alpha value is -1.41. The van der Waals surface area contributed by atoms with Crippen LogP contribution in [0.2, 0.25) is 0 Å². The van der Waals surface area contributed by atoms with Gasteiger partial charge < -0.3 is 0 Å². The maximum absolute atomic E-state index is 12.3. The summed E-state index contributed by atoms with van der Waals surface area (Å²) in [6, 6.07) is 7.69. The molecule has 0 saturated carbocycles. The first-order valence-electron chi connectivity index (χ1n) is 10.3. The number of ketones is 1. The molecule has 0 bridgehead atoms. The molecule has 2 nitrogen and oxygen atoms in total. The van der Waals surface area contributed by atoms with Gasteiger partial charge in [0.15, 0.2) is 0 Å². The standard InChI is InChI=1S/C23H29NO/c25-22-10-2-1-8-19(22)16-11-13-24(14-12-16)21-15-18-7-3-5-17-6-4-9-20(21)23(17)18/h1-2,4,6,9,16,18-19,21H,3,5,7-8,10-15H2. The van der Waals surface area contributed by atoms with Crippen molar-refractivity contribution in [1.82, 2.24) is 4.90 Å². The van der Waals surface area contributed by atoms with E-state index in [0.717, 1.165) is 12.3 Å². The number of benzene rings is 1. The highest BCUT2D eigenvalue weighted by molar-refractivity contribution is 5.83. The molecule has 3 atom stereocenters. The zero-order valence-corrected chi connectivity index (χ0v) is 15.1. The van der Waals surface area contributed by atoms with Crippen molar-refractivity contribution in [3.63, 3.8) is 0 Å². The minimum atomic E-state index is 0.310. The van der Waals surface area contributed by atoms with Gasteiger partial charge in [0.1, 0.15) is 5.78 Å². The summed E-state index contributed by atoms with van der Waals surface area (Å²) in [7, 11) is 0. The van der Waals surface area contributed by atoms with Gasteiger partial charge in [0.2, 0.25) is 0 Å². The number of Topliss-reactive ketones (excluding diaryl/α,β-unsaturated/α-hetero) is 1. The van der Waals surface area contributed by atoms with Gasteiger partial charge in [0.05, 0.1) is 0 Å². The predicted octanol–water partition coefficient (Wildman–Crippen LogP) is 4.80. The van der Waals surface area contributed by atoms with Crippen LogP contribution in [-0.4, -0.2) is 23.8 Å². The Morgan fingerprint density at radius 3 is 2.76 bits per heavy atom. The Morgan fingerprint density at radius 2 is 1.92 bits per heavy atom. The van der Waals surface area contributed by atoms with Crippen molar-refractivity contribution in [1.29, 1.82) is 0 Å². The van der Waals surface area contributed by atoms with E-state index in [1.807, 2.05) is 0 Å². The van der Waals surface area contributed by atoms with E-state index in [-0.39, 0.29) is 0 Å². The second-order valence-corrected chi connectivity index (χ2v) is 8.62. The molecule has 3 unspecified atom stereocenters. The minimum absolute atomic E-state index is 0.310. The van der Waals surface area contributed by atoms with Crippen LogP contribution in [0.5, 0.6) is 0 Å². The summed E-state index contributed by atoms with van der Waals surface area (Å²) in [5.41, 5.74) is 4.98. The van der Waals surface area contributed by atoms with E-state index in [1.54, 1.807) is 16.7 Å². The predicted molar refractivity (Wildman–Crippen MR) is 101 cm³/mol. The number of aryl methyl sites for hydroxylation is 1. The SMILES string of the molecule is O=C1CC=CCC1C1CCN(C2CC3CCCc4cccc2c43)CC1. The van der Waals surface area contributed by atoms with Crippen molar-refractivity contribution in [2.75, 3.05) is 13.1 Å². The molecule has 2 heteroatoms. The summed E-state index contributed by atoms with van der Waals surface area (Å²) in [4.78, 5) is 15.0. The highest BCUT2D eigenvalue weighted by Crippen LogP contribution is 2.50. The van der Waals surface area contributed by atoms with Crippen LogP contribution in [0.15, 0.2) is 30.4 Å². The van der Waals surface area contributed by atoms with E-state index in [2.05, 4.69) is 35.3 Å². The van der Waals surface area contributed by atoms with Gasteiger partial charge in [-0.1, -0.05) is 30.4 Å². The molecule has 132 valence electrons. The number of likely N-dealkylation sites (tertiary alicyclic amines) is 1. The average Bonchev–Trinajstić information content (AvgIpc) is 3.04. The summed E-state index contributed by atoms with van der Waals surface area (Å²) in [6.45, 7) is 2.36. The number of hydrogen-bond acceptors (Lipinski definition) is 2. The number of piperidine rings is 1. The topological polar surface area (TPSA) is 20.3 Å². The molecule has 3 aliphatic carbocycles. The quantitative estimate of drug-likeness (QED) is 0.724. The molecule has 0 amide bonds. The lowest BCUT2D eigenvalue weighted by Gasteiger charge is -2.39. The van der Waals surface area contributed by atoms with Gasteiger partial charge in [-0.25, -0.2) is 0 Å². The lowest BCUT2D eigenvalue weighted by molar-refractivity contribution is -0.124. The van der Waals surface area contributed by atoms with E-state index in [4.69, 9.17) is 0 Å². The molecule has 1 aromatic carbocycles. The van der Waals surface area contributed by atoms with Crippen LogP contribution < -0.4 is 0 Å². The zero-order chi connectivity index (χ0) is 16.8. The summed E-state index contributed by atoms with van der Waals surface area (Å²) in [5.74, 6) is 2.23. The van der Waals surface area contributed by atoms with Gasteiger partial charge >= 0.3 is 0 Å². The Bertz CT molecular complexity index is 698. The van der Waals surface area contributed by atoms with Gasteiger partial charge in [-0.3, -0.25) is 9.69 Å². The monoisotopic (exact) mass is 335 g/mol. The summed E-state index contributed by atoms with van der Waals surface area (Å²) in [6.07, 6.45) is 13.7. The number of hydrogen-bond donors (Lipinski definition) is 0. The summed E-state index contributed by atoms with van der Waals surface area (Å²) < 4.78 is 0. The Kier molecular flexibility index (Phi) is 4.04. The fourth-order valence-electron chi connectivity index (χ4n) is 6.11. The first-order chi connectivity index (χ1) is 12.3. The van der Waals surface area contributed by atoms with Crippen LogP contribution in [-0.2, 0) is 11.2 Å². The molecule has 1 heterocycles. The molecule has 1 aliphatic heterocycles. The van der Waals surface area contributed by atoms with Crippen molar-refractivity contribution < 1.29 is 4.79 Å². The van der Waals surface area contributed by atoms with Gasteiger partial charge in [-0.15, -0.1) is 0 Å². The van der Waals surface area contributed by atoms with E-state index in [0.29, 0.717) is 30.1 Å². The molecule has 0 N–H and O–H groups in total. The second-order valence-electron chi connectivity index (χ2n) is 8.62. The third kappa shape index (κ3) is 2.70. The Labute approximate surface area is 151 Å². The van der Waals surface area contributed by atoms with Crippen molar-refractivity contribution in [2.45, 2.75) is 63.3 Å². The van der Waals surface area contributed by atoms with Crippen LogP contribution >= 0.6 is 0 Å². The van der Waals surface area contributed by atoms with E-state index < -0.39 is 0 Å². The van der Waals surface area contributed by atoms with Crippen LogP contribution in [0, 0.1) is 11.8 Å². The molecule has 1 fully saturated rings. The van der Waals surface area contributed by atoms with Crippen LogP contribution in [0.4, 0.5) is 0 Å². The fraction of sp³-hybridized carbons (Fsp3) is 0.609. The number of carbonyl (C=O) groups is 1. The average molecular weight is 335 g/mol. The normalized spacial score (nSPS) is 32.8. The third-order valence-electron chi connectivity index (χ3n) is 7.38. The van der Waals surface area contributed by atoms with Crippen LogP contribution in [0.1, 0.15) is 73.6 Å². The number of carbonyl (C=O) groups excluding carboxylic acids is 1. The minimum Gasteiger partial charge on any atom is -0.299 e.